The van der Waals surface area contributed by atoms with Crippen molar-refractivity contribution in [3.63, 3.8) is 0 Å². The summed E-state index contributed by atoms with van der Waals surface area (Å²) in [7, 11) is 0. The second kappa shape index (κ2) is 6.84. The summed E-state index contributed by atoms with van der Waals surface area (Å²) in [6.07, 6.45) is 4.76. The van der Waals surface area contributed by atoms with Crippen molar-refractivity contribution in [2.45, 2.75) is 34.1 Å². The van der Waals surface area contributed by atoms with Gasteiger partial charge in [-0.2, -0.15) is 0 Å². The number of hydrogen-bond donors (Lipinski definition) is 0. The minimum Gasteiger partial charge on any atom is -0.477 e. The first-order chi connectivity index (χ1) is 9.56. The van der Waals surface area contributed by atoms with Crippen LogP contribution in [-0.4, -0.2) is 16.6 Å². The average molecular weight is 290 g/mol. The first-order valence-corrected chi connectivity index (χ1v) is 7.88. The summed E-state index contributed by atoms with van der Waals surface area (Å²) in [4.78, 5) is 9.77. The Morgan fingerprint density at radius 3 is 2.55 bits per heavy atom. The predicted octanol–water partition coefficient (Wildman–Crippen LogP) is 4.57. The molecule has 0 unspecified atom stereocenters. The quantitative estimate of drug-likeness (QED) is 0.781. The maximum absolute atomic E-state index is 5.89. The van der Waals surface area contributed by atoms with Gasteiger partial charge in [0.25, 0.3) is 0 Å². The summed E-state index contributed by atoms with van der Waals surface area (Å²) in [5.74, 6) is 2.04. The Morgan fingerprint density at radius 1 is 1.20 bits per heavy atom. The fourth-order valence-corrected chi connectivity index (χ4v) is 3.09. The largest absolute Gasteiger partial charge is 0.477 e. The van der Waals surface area contributed by atoms with Gasteiger partial charge in [-0.25, -0.2) is 4.98 Å². The van der Waals surface area contributed by atoms with E-state index in [9.17, 15) is 0 Å². The lowest BCUT2D eigenvalue weighted by Gasteiger charge is -2.14. The molecule has 2 heterocycles. The molecule has 1 atom stereocenters. The second-order valence-corrected chi connectivity index (χ2v) is 6.87. The Bertz CT molecular complexity index is 537. The molecule has 0 aliphatic carbocycles. The first kappa shape index (κ1) is 15.0. The third kappa shape index (κ3) is 4.04. The van der Waals surface area contributed by atoms with E-state index in [0.717, 1.165) is 27.9 Å². The molecule has 2 aromatic rings. The van der Waals surface area contributed by atoms with E-state index < -0.39 is 0 Å². The number of thiazole rings is 1. The van der Waals surface area contributed by atoms with Crippen LogP contribution in [-0.2, 0) is 0 Å². The molecule has 20 heavy (non-hydrogen) atoms. The predicted molar refractivity (Wildman–Crippen MR) is 84.2 cm³/mol. The summed E-state index contributed by atoms with van der Waals surface area (Å²) < 4.78 is 5.89. The Labute approximate surface area is 125 Å². The monoisotopic (exact) mass is 290 g/mol. The Kier molecular flexibility index (Phi) is 5.12. The summed E-state index contributed by atoms with van der Waals surface area (Å²) in [6, 6.07) is 3.95. The van der Waals surface area contributed by atoms with Crippen LogP contribution in [0.15, 0.2) is 24.5 Å². The number of nitrogens with zero attached hydrogens (tertiary/aromatic N) is 2. The van der Waals surface area contributed by atoms with Crippen molar-refractivity contribution >= 4 is 11.3 Å². The maximum Gasteiger partial charge on any atom is 0.228 e. The lowest BCUT2D eigenvalue weighted by atomic mass is 10.00. The molecule has 0 spiro atoms. The second-order valence-electron chi connectivity index (χ2n) is 5.66. The number of hydrogen-bond acceptors (Lipinski definition) is 4. The zero-order chi connectivity index (χ0) is 14.5. The maximum atomic E-state index is 5.89. The molecule has 0 saturated heterocycles. The third-order valence-corrected chi connectivity index (χ3v) is 4.06. The van der Waals surface area contributed by atoms with Crippen LogP contribution >= 0.6 is 11.3 Å². The van der Waals surface area contributed by atoms with E-state index in [1.54, 1.807) is 23.7 Å². The Balaban J connectivity index is 2.01. The van der Waals surface area contributed by atoms with E-state index in [-0.39, 0.29) is 0 Å². The van der Waals surface area contributed by atoms with Gasteiger partial charge in [0.1, 0.15) is 5.01 Å². The van der Waals surface area contributed by atoms with E-state index in [1.807, 2.05) is 12.1 Å². The van der Waals surface area contributed by atoms with Gasteiger partial charge in [-0.05, 0) is 37.3 Å². The summed E-state index contributed by atoms with van der Waals surface area (Å²) in [5.41, 5.74) is 1.10. The highest BCUT2D eigenvalue weighted by Crippen LogP contribution is 2.31. The van der Waals surface area contributed by atoms with Crippen LogP contribution in [0.3, 0.4) is 0 Å². The molecule has 0 aliphatic rings. The van der Waals surface area contributed by atoms with Gasteiger partial charge in [0.05, 0.1) is 11.5 Å². The van der Waals surface area contributed by atoms with Crippen LogP contribution in [0.1, 0.15) is 32.1 Å². The minimum atomic E-state index is 0.556. The fraction of sp³-hybridized carbons (Fsp3) is 0.500. The van der Waals surface area contributed by atoms with Crippen molar-refractivity contribution < 1.29 is 4.74 Å². The third-order valence-electron chi connectivity index (χ3n) is 3.06. The standard InChI is InChI=1S/C16H22N2OS/c1-11(2)9-12(3)10-19-15-13(4)20-16(18-15)14-5-7-17-8-6-14/h5-8,11-12H,9-10H2,1-4H3/t12-/m1/s1. The SMILES string of the molecule is Cc1sc(-c2ccncc2)nc1OC[C@H](C)CC(C)C. The van der Waals surface area contributed by atoms with Crippen LogP contribution in [0, 0.1) is 18.8 Å². The van der Waals surface area contributed by atoms with Gasteiger partial charge in [-0.3, -0.25) is 4.98 Å². The van der Waals surface area contributed by atoms with Crippen molar-refractivity contribution in [1.29, 1.82) is 0 Å². The summed E-state index contributed by atoms with van der Waals surface area (Å²) in [5, 5.41) is 0.997. The van der Waals surface area contributed by atoms with Gasteiger partial charge in [-0.15, -0.1) is 11.3 Å². The number of ether oxygens (including phenoxy) is 1. The molecule has 4 heteroatoms. The smallest absolute Gasteiger partial charge is 0.228 e. The Hall–Kier alpha value is -1.42. The van der Waals surface area contributed by atoms with Crippen LogP contribution in [0.25, 0.3) is 10.6 Å². The topological polar surface area (TPSA) is 35.0 Å². The molecule has 0 bridgehead atoms. The molecule has 108 valence electrons. The summed E-state index contributed by atoms with van der Waals surface area (Å²) in [6.45, 7) is 9.51. The zero-order valence-corrected chi connectivity index (χ0v) is 13.4. The molecule has 3 nitrogen and oxygen atoms in total. The van der Waals surface area contributed by atoms with Crippen molar-refractivity contribution in [3.05, 3.63) is 29.4 Å². The molecule has 0 saturated carbocycles. The molecular formula is C16H22N2OS. The number of aryl methyl sites for hydroxylation is 1. The highest BCUT2D eigenvalue weighted by atomic mass is 32.1. The van der Waals surface area contributed by atoms with Crippen molar-refractivity contribution in [3.8, 4) is 16.5 Å². The van der Waals surface area contributed by atoms with E-state index in [2.05, 4.69) is 37.7 Å². The van der Waals surface area contributed by atoms with Gasteiger partial charge in [0.2, 0.25) is 5.88 Å². The molecule has 0 fully saturated rings. The van der Waals surface area contributed by atoms with E-state index in [1.165, 1.54) is 6.42 Å². The zero-order valence-electron chi connectivity index (χ0n) is 12.6. The van der Waals surface area contributed by atoms with Gasteiger partial charge in [0, 0.05) is 18.0 Å². The normalized spacial score (nSPS) is 12.7. The van der Waals surface area contributed by atoms with Crippen LogP contribution in [0.4, 0.5) is 0 Å². The number of rotatable bonds is 6. The minimum absolute atomic E-state index is 0.556. The molecular weight excluding hydrogens is 268 g/mol. The first-order valence-electron chi connectivity index (χ1n) is 7.07. The molecule has 2 rings (SSSR count). The lowest BCUT2D eigenvalue weighted by molar-refractivity contribution is 0.231. The van der Waals surface area contributed by atoms with Crippen molar-refractivity contribution in [1.82, 2.24) is 9.97 Å². The molecule has 0 aliphatic heterocycles. The molecule has 2 aromatic heterocycles. The van der Waals surface area contributed by atoms with E-state index >= 15 is 0 Å². The van der Waals surface area contributed by atoms with E-state index in [4.69, 9.17) is 4.74 Å². The van der Waals surface area contributed by atoms with Crippen molar-refractivity contribution in [2.24, 2.45) is 11.8 Å². The lowest BCUT2D eigenvalue weighted by Crippen LogP contribution is -2.11. The molecule has 0 N–H and O–H groups in total. The number of pyridine rings is 1. The molecule has 0 radical (unpaired) electrons. The highest BCUT2D eigenvalue weighted by Gasteiger charge is 2.12. The van der Waals surface area contributed by atoms with Gasteiger partial charge in [-0.1, -0.05) is 20.8 Å². The summed E-state index contributed by atoms with van der Waals surface area (Å²) >= 11 is 1.67. The van der Waals surface area contributed by atoms with Crippen LogP contribution in [0.2, 0.25) is 0 Å². The van der Waals surface area contributed by atoms with E-state index in [0.29, 0.717) is 11.8 Å². The van der Waals surface area contributed by atoms with Crippen LogP contribution < -0.4 is 4.74 Å². The fourth-order valence-electron chi connectivity index (χ4n) is 2.23. The number of aromatic nitrogens is 2. The van der Waals surface area contributed by atoms with Gasteiger partial charge >= 0.3 is 0 Å². The highest BCUT2D eigenvalue weighted by molar-refractivity contribution is 7.15. The average Bonchev–Trinajstić information content (AvgIpc) is 2.78. The van der Waals surface area contributed by atoms with Crippen LogP contribution in [0.5, 0.6) is 5.88 Å². The Morgan fingerprint density at radius 2 is 1.90 bits per heavy atom. The van der Waals surface area contributed by atoms with Gasteiger partial charge in [0.15, 0.2) is 0 Å². The molecule has 0 aromatic carbocycles. The molecule has 0 amide bonds. The van der Waals surface area contributed by atoms with Gasteiger partial charge < -0.3 is 4.74 Å². The van der Waals surface area contributed by atoms with Crippen molar-refractivity contribution in [2.75, 3.05) is 6.61 Å².